The van der Waals surface area contributed by atoms with Crippen LogP contribution in [0.5, 0.6) is 0 Å². The fourth-order valence-electron chi connectivity index (χ4n) is 2.46. The van der Waals surface area contributed by atoms with E-state index in [2.05, 4.69) is 5.10 Å². The van der Waals surface area contributed by atoms with Crippen molar-refractivity contribution in [3.8, 4) is 0 Å². The first-order chi connectivity index (χ1) is 8.46. The molecule has 3 rings (SSSR count). The molecule has 0 aromatic carbocycles. The zero-order valence-corrected chi connectivity index (χ0v) is 10.6. The number of hydrogen-bond acceptors (Lipinski definition) is 4. The predicted molar refractivity (Wildman–Crippen MR) is 63.5 cm³/mol. The summed E-state index contributed by atoms with van der Waals surface area (Å²) >= 11 is 0. The average molecular weight is 270 g/mol. The number of carboxylic acids is 1. The summed E-state index contributed by atoms with van der Waals surface area (Å²) in [6.07, 6.45) is 2.59. The summed E-state index contributed by atoms with van der Waals surface area (Å²) in [5.41, 5.74) is 0.899. The number of sulfone groups is 1. The zero-order valence-electron chi connectivity index (χ0n) is 9.74. The highest BCUT2D eigenvalue weighted by molar-refractivity contribution is 7.91. The van der Waals surface area contributed by atoms with E-state index in [-0.39, 0.29) is 23.2 Å². The van der Waals surface area contributed by atoms with E-state index < -0.39 is 15.8 Å². The molecule has 18 heavy (non-hydrogen) atoms. The smallest absolute Gasteiger partial charge is 0.356 e. The van der Waals surface area contributed by atoms with E-state index in [0.29, 0.717) is 12.3 Å². The minimum atomic E-state index is -2.98. The van der Waals surface area contributed by atoms with Crippen molar-refractivity contribution < 1.29 is 18.3 Å². The molecule has 2 heterocycles. The van der Waals surface area contributed by atoms with Crippen LogP contribution in [0.1, 0.15) is 47.4 Å². The molecule has 1 atom stereocenters. The first kappa shape index (κ1) is 11.7. The molecule has 1 saturated carbocycles. The number of aromatic nitrogens is 2. The molecule has 1 aromatic heterocycles. The van der Waals surface area contributed by atoms with Crippen LogP contribution in [0, 0.1) is 0 Å². The molecule has 0 amide bonds. The van der Waals surface area contributed by atoms with Crippen LogP contribution in [0.25, 0.3) is 0 Å². The normalized spacial score (nSPS) is 26.3. The molecule has 7 heteroatoms. The Hall–Kier alpha value is -1.37. The standard InChI is InChI=1S/C11H14N2O4S/c14-11(15)9-5-10(7-1-2-7)13(12-9)8-3-4-18(16,17)6-8/h5,7-8H,1-4,6H2,(H,14,15). The van der Waals surface area contributed by atoms with Crippen molar-refractivity contribution in [3.05, 3.63) is 17.5 Å². The summed E-state index contributed by atoms with van der Waals surface area (Å²) in [5, 5.41) is 13.0. The van der Waals surface area contributed by atoms with Crippen LogP contribution in [-0.2, 0) is 9.84 Å². The van der Waals surface area contributed by atoms with E-state index in [1.807, 2.05) is 0 Å². The van der Waals surface area contributed by atoms with E-state index in [1.54, 1.807) is 10.7 Å². The lowest BCUT2D eigenvalue weighted by molar-refractivity contribution is 0.0689. The molecule has 1 aliphatic heterocycles. The van der Waals surface area contributed by atoms with Gasteiger partial charge in [-0.3, -0.25) is 4.68 Å². The van der Waals surface area contributed by atoms with Gasteiger partial charge in [0, 0.05) is 11.6 Å². The second-order valence-corrected chi connectivity index (χ2v) is 7.26. The zero-order chi connectivity index (χ0) is 12.9. The molecule has 1 aromatic rings. The van der Waals surface area contributed by atoms with Crippen LogP contribution in [-0.4, -0.2) is 40.8 Å². The Balaban J connectivity index is 1.97. The largest absolute Gasteiger partial charge is 0.476 e. The molecule has 6 nitrogen and oxygen atoms in total. The van der Waals surface area contributed by atoms with Crippen molar-refractivity contribution in [3.63, 3.8) is 0 Å². The Kier molecular flexibility index (Phi) is 2.48. The molecule has 1 aliphatic carbocycles. The summed E-state index contributed by atoms with van der Waals surface area (Å²) in [7, 11) is -2.98. The second-order valence-electron chi connectivity index (χ2n) is 5.04. The maximum absolute atomic E-state index is 11.5. The maximum atomic E-state index is 11.5. The Morgan fingerprint density at radius 3 is 2.61 bits per heavy atom. The second kappa shape index (κ2) is 3.81. The topological polar surface area (TPSA) is 89.3 Å². The Labute approximate surface area is 105 Å². The van der Waals surface area contributed by atoms with Crippen molar-refractivity contribution in [1.29, 1.82) is 0 Å². The van der Waals surface area contributed by atoms with Crippen LogP contribution in [0.3, 0.4) is 0 Å². The molecule has 1 unspecified atom stereocenters. The van der Waals surface area contributed by atoms with Crippen LogP contribution in [0.4, 0.5) is 0 Å². The van der Waals surface area contributed by atoms with Crippen molar-refractivity contribution in [1.82, 2.24) is 9.78 Å². The number of rotatable bonds is 3. The summed E-state index contributed by atoms with van der Waals surface area (Å²) in [6, 6.07) is 1.39. The average Bonchev–Trinajstić information content (AvgIpc) is 2.92. The first-order valence-electron chi connectivity index (χ1n) is 5.99. The van der Waals surface area contributed by atoms with Gasteiger partial charge in [0.05, 0.1) is 17.5 Å². The van der Waals surface area contributed by atoms with Gasteiger partial charge >= 0.3 is 5.97 Å². The van der Waals surface area contributed by atoms with Crippen molar-refractivity contribution in [2.24, 2.45) is 0 Å². The molecule has 0 radical (unpaired) electrons. The van der Waals surface area contributed by atoms with Crippen LogP contribution in [0.2, 0.25) is 0 Å². The SMILES string of the molecule is O=C(O)c1cc(C2CC2)n(C2CCS(=O)(=O)C2)n1. The lowest BCUT2D eigenvalue weighted by Crippen LogP contribution is -2.15. The lowest BCUT2D eigenvalue weighted by Gasteiger charge is -2.12. The van der Waals surface area contributed by atoms with E-state index >= 15 is 0 Å². The number of carboxylic acid groups (broad SMARTS) is 1. The molecular weight excluding hydrogens is 256 g/mol. The highest BCUT2D eigenvalue weighted by Crippen LogP contribution is 2.42. The van der Waals surface area contributed by atoms with Gasteiger partial charge in [0.1, 0.15) is 0 Å². The van der Waals surface area contributed by atoms with Gasteiger partial charge in [-0.2, -0.15) is 5.10 Å². The van der Waals surface area contributed by atoms with Gasteiger partial charge in [0.2, 0.25) is 0 Å². The molecule has 2 aliphatic rings. The lowest BCUT2D eigenvalue weighted by atomic mass is 10.2. The Morgan fingerprint density at radius 1 is 1.39 bits per heavy atom. The Bertz CT molecular complexity index is 601. The quantitative estimate of drug-likeness (QED) is 0.878. The number of carbonyl (C=O) groups is 1. The minimum Gasteiger partial charge on any atom is -0.476 e. The van der Waals surface area contributed by atoms with Gasteiger partial charge in [-0.05, 0) is 25.3 Å². The summed E-state index contributed by atoms with van der Waals surface area (Å²) in [4.78, 5) is 11.0. The van der Waals surface area contributed by atoms with Crippen LogP contribution >= 0.6 is 0 Å². The van der Waals surface area contributed by atoms with Gasteiger partial charge in [0.25, 0.3) is 0 Å². The number of nitrogens with zero attached hydrogens (tertiary/aromatic N) is 2. The van der Waals surface area contributed by atoms with E-state index in [4.69, 9.17) is 5.11 Å². The molecule has 1 N–H and O–H groups in total. The predicted octanol–water partition coefficient (Wildman–Crippen LogP) is 0.818. The molecule has 0 spiro atoms. The summed E-state index contributed by atoms with van der Waals surface area (Å²) in [5.74, 6) is -0.456. The highest BCUT2D eigenvalue weighted by atomic mass is 32.2. The minimum absolute atomic E-state index is 0.0150. The van der Waals surface area contributed by atoms with E-state index in [1.165, 1.54) is 0 Å². The van der Waals surface area contributed by atoms with Crippen LogP contribution in [0.15, 0.2) is 6.07 Å². The summed E-state index contributed by atoms with van der Waals surface area (Å²) < 4.78 is 24.6. The summed E-state index contributed by atoms with van der Waals surface area (Å²) in [6.45, 7) is 0. The third kappa shape index (κ3) is 2.03. The molecular formula is C11H14N2O4S. The Morgan fingerprint density at radius 2 is 2.11 bits per heavy atom. The third-order valence-electron chi connectivity index (χ3n) is 3.53. The van der Waals surface area contributed by atoms with Gasteiger partial charge < -0.3 is 5.11 Å². The third-order valence-corrected chi connectivity index (χ3v) is 5.28. The van der Waals surface area contributed by atoms with Crippen molar-refractivity contribution >= 4 is 15.8 Å². The van der Waals surface area contributed by atoms with Gasteiger partial charge in [-0.1, -0.05) is 0 Å². The molecule has 98 valence electrons. The molecule has 2 fully saturated rings. The molecule has 0 bridgehead atoms. The number of hydrogen-bond donors (Lipinski definition) is 1. The fraction of sp³-hybridized carbons (Fsp3) is 0.636. The van der Waals surface area contributed by atoms with Gasteiger partial charge in [-0.25, -0.2) is 13.2 Å². The number of aromatic carboxylic acids is 1. The van der Waals surface area contributed by atoms with E-state index in [9.17, 15) is 13.2 Å². The van der Waals surface area contributed by atoms with Crippen molar-refractivity contribution in [2.45, 2.75) is 31.2 Å². The maximum Gasteiger partial charge on any atom is 0.356 e. The molecule has 1 saturated heterocycles. The van der Waals surface area contributed by atoms with Gasteiger partial charge in [0.15, 0.2) is 15.5 Å². The first-order valence-corrected chi connectivity index (χ1v) is 7.81. The van der Waals surface area contributed by atoms with Gasteiger partial charge in [-0.15, -0.1) is 0 Å². The van der Waals surface area contributed by atoms with E-state index in [0.717, 1.165) is 18.5 Å². The fourth-order valence-corrected chi connectivity index (χ4v) is 4.15. The van der Waals surface area contributed by atoms with Crippen LogP contribution < -0.4 is 0 Å². The van der Waals surface area contributed by atoms with Crippen molar-refractivity contribution in [2.75, 3.05) is 11.5 Å². The highest BCUT2D eigenvalue weighted by Gasteiger charge is 2.35. The monoisotopic (exact) mass is 270 g/mol.